The molecule has 0 aromatic heterocycles. The standard InChI is InChI=1S/C16H7BrCl3NOS2/c17-10-5-4-9(7-12(10)19)21-15(22)13(24-16(21)23)6-8-2-1-3-11(18)14(8)20/h1-7H/b13-6+. The van der Waals surface area contributed by atoms with E-state index in [-0.39, 0.29) is 5.91 Å². The molecule has 2 aromatic rings. The van der Waals surface area contributed by atoms with Gasteiger partial charge in [-0.2, -0.15) is 0 Å². The first-order valence-corrected chi connectivity index (χ1v) is 9.70. The molecule has 0 unspecified atom stereocenters. The maximum atomic E-state index is 12.7. The number of hydrogen-bond acceptors (Lipinski definition) is 3. The summed E-state index contributed by atoms with van der Waals surface area (Å²) in [5.74, 6) is -0.223. The molecule has 24 heavy (non-hydrogen) atoms. The molecule has 0 bridgehead atoms. The molecule has 8 heteroatoms. The lowest BCUT2D eigenvalue weighted by Crippen LogP contribution is -2.27. The Morgan fingerprint density at radius 2 is 1.88 bits per heavy atom. The Labute approximate surface area is 171 Å². The van der Waals surface area contributed by atoms with Crippen molar-refractivity contribution in [3.05, 3.63) is 66.4 Å². The van der Waals surface area contributed by atoms with Crippen LogP contribution >= 0.6 is 74.7 Å². The normalized spacial score (nSPS) is 16.3. The van der Waals surface area contributed by atoms with E-state index in [4.69, 9.17) is 47.0 Å². The average Bonchev–Trinajstić information content (AvgIpc) is 2.81. The summed E-state index contributed by atoms with van der Waals surface area (Å²) in [6, 6.07) is 10.5. The third-order valence-electron chi connectivity index (χ3n) is 3.22. The predicted octanol–water partition coefficient (Wildman–Crippen LogP) is 6.82. The van der Waals surface area contributed by atoms with Crippen molar-refractivity contribution >= 4 is 96.7 Å². The Hall–Kier alpha value is -0.560. The highest BCUT2D eigenvalue weighted by Crippen LogP contribution is 2.39. The number of carbonyl (C=O) groups excluding carboxylic acids is 1. The van der Waals surface area contributed by atoms with Gasteiger partial charge < -0.3 is 0 Å². The first-order valence-electron chi connectivity index (χ1n) is 6.55. The van der Waals surface area contributed by atoms with Crippen LogP contribution in [0.1, 0.15) is 5.56 Å². The van der Waals surface area contributed by atoms with Gasteiger partial charge in [-0.3, -0.25) is 9.69 Å². The summed E-state index contributed by atoms with van der Waals surface area (Å²) in [4.78, 5) is 14.7. The molecule has 0 N–H and O–H groups in total. The Kier molecular flexibility index (Phi) is 5.59. The zero-order valence-corrected chi connectivity index (χ0v) is 17.2. The molecule has 0 atom stereocenters. The van der Waals surface area contributed by atoms with Crippen molar-refractivity contribution in [2.45, 2.75) is 0 Å². The summed E-state index contributed by atoms with van der Waals surface area (Å²) in [5.41, 5.74) is 1.28. The van der Waals surface area contributed by atoms with E-state index >= 15 is 0 Å². The number of hydrogen-bond donors (Lipinski definition) is 0. The number of benzene rings is 2. The minimum absolute atomic E-state index is 0.223. The Morgan fingerprint density at radius 1 is 1.12 bits per heavy atom. The van der Waals surface area contributed by atoms with Crippen LogP contribution in [0.2, 0.25) is 15.1 Å². The van der Waals surface area contributed by atoms with Gasteiger partial charge in [-0.15, -0.1) is 0 Å². The predicted molar refractivity (Wildman–Crippen MR) is 111 cm³/mol. The molecule has 1 fully saturated rings. The van der Waals surface area contributed by atoms with Crippen molar-refractivity contribution < 1.29 is 4.79 Å². The number of thiocarbonyl (C=S) groups is 1. The van der Waals surface area contributed by atoms with Crippen LogP contribution in [0, 0.1) is 0 Å². The van der Waals surface area contributed by atoms with Crippen LogP contribution in [0.3, 0.4) is 0 Å². The maximum absolute atomic E-state index is 12.7. The molecule has 0 saturated carbocycles. The molecule has 0 aliphatic carbocycles. The van der Waals surface area contributed by atoms with E-state index in [0.29, 0.717) is 35.5 Å². The lowest BCUT2D eigenvalue weighted by Gasteiger charge is -2.15. The van der Waals surface area contributed by atoms with Gasteiger partial charge in [0, 0.05) is 4.47 Å². The van der Waals surface area contributed by atoms with E-state index in [0.717, 1.165) is 4.47 Å². The molecule has 0 spiro atoms. The van der Waals surface area contributed by atoms with Gasteiger partial charge in [-0.05, 0) is 51.8 Å². The highest BCUT2D eigenvalue weighted by molar-refractivity contribution is 9.10. The van der Waals surface area contributed by atoms with E-state index in [2.05, 4.69) is 15.9 Å². The molecule has 1 amide bonds. The topological polar surface area (TPSA) is 20.3 Å². The van der Waals surface area contributed by atoms with Crippen LogP contribution in [-0.4, -0.2) is 10.2 Å². The van der Waals surface area contributed by atoms with Crippen LogP contribution in [-0.2, 0) is 4.79 Å². The summed E-state index contributed by atoms with van der Waals surface area (Å²) >= 11 is 28.2. The second-order valence-electron chi connectivity index (χ2n) is 4.76. The Balaban J connectivity index is 1.98. The van der Waals surface area contributed by atoms with Crippen LogP contribution in [0.5, 0.6) is 0 Å². The van der Waals surface area contributed by atoms with Gasteiger partial charge in [0.05, 0.1) is 25.7 Å². The third-order valence-corrected chi connectivity index (χ3v) is 6.59. The number of nitrogens with zero attached hydrogens (tertiary/aromatic N) is 1. The van der Waals surface area contributed by atoms with Gasteiger partial charge >= 0.3 is 0 Å². The zero-order valence-electron chi connectivity index (χ0n) is 11.7. The van der Waals surface area contributed by atoms with E-state index in [1.165, 1.54) is 16.7 Å². The summed E-state index contributed by atoms with van der Waals surface area (Å²) in [5, 5.41) is 1.33. The summed E-state index contributed by atoms with van der Waals surface area (Å²) in [7, 11) is 0. The molecule has 122 valence electrons. The highest BCUT2D eigenvalue weighted by atomic mass is 79.9. The van der Waals surface area contributed by atoms with Gasteiger partial charge in [0.2, 0.25) is 0 Å². The molecule has 1 aliphatic rings. The summed E-state index contributed by atoms with van der Waals surface area (Å²) in [6.07, 6.45) is 1.69. The molecule has 1 aliphatic heterocycles. The number of rotatable bonds is 2. The van der Waals surface area contributed by atoms with Crippen molar-refractivity contribution in [3.8, 4) is 0 Å². The first-order chi connectivity index (χ1) is 11.4. The van der Waals surface area contributed by atoms with Gasteiger partial charge in [0.25, 0.3) is 5.91 Å². The first kappa shape index (κ1) is 18.2. The lowest BCUT2D eigenvalue weighted by atomic mass is 10.2. The minimum atomic E-state index is -0.223. The SMILES string of the molecule is O=C1/C(=C\c2cccc(Cl)c2Cl)SC(=S)N1c1ccc(Br)c(Cl)c1. The van der Waals surface area contributed by atoms with E-state index < -0.39 is 0 Å². The molecule has 2 aromatic carbocycles. The fraction of sp³-hybridized carbons (Fsp3) is 0. The smallest absolute Gasteiger partial charge is 0.268 e. The zero-order chi connectivity index (χ0) is 17.4. The molecule has 1 heterocycles. The van der Waals surface area contributed by atoms with Gasteiger partial charge in [-0.1, -0.05) is 70.9 Å². The van der Waals surface area contributed by atoms with Gasteiger partial charge in [-0.25, -0.2) is 0 Å². The second-order valence-corrected chi connectivity index (χ2v) is 8.48. The van der Waals surface area contributed by atoms with Crippen molar-refractivity contribution in [1.82, 2.24) is 0 Å². The number of halogens is 4. The average molecular weight is 480 g/mol. The Bertz CT molecular complexity index is 901. The quantitative estimate of drug-likeness (QED) is 0.348. The third kappa shape index (κ3) is 3.52. The van der Waals surface area contributed by atoms with Gasteiger partial charge in [0.15, 0.2) is 4.32 Å². The number of carbonyl (C=O) groups is 1. The molecular weight excluding hydrogens is 473 g/mol. The fourth-order valence-electron chi connectivity index (χ4n) is 2.09. The molecule has 3 rings (SSSR count). The van der Waals surface area contributed by atoms with Gasteiger partial charge in [0.1, 0.15) is 0 Å². The molecule has 2 nitrogen and oxygen atoms in total. The van der Waals surface area contributed by atoms with E-state index in [1.54, 1.807) is 42.5 Å². The van der Waals surface area contributed by atoms with Crippen LogP contribution in [0.25, 0.3) is 6.08 Å². The lowest BCUT2D eigenvalue weighted by molar-refractivity contribution is -0.113. The van der Waals surface area contributed by atoms with Crippen LogP contribution in [0.15, 0.2) is 45.8 Å². The number of anilines is 1. The monoisotopic (exact) mass is 477 g/mol. The number of amides is 1. The Morgan fingerprint density at radius 3 is 2.58 bits per heavy atom. The highest BCUT2D eigenvalue weighted by Gasteiger charge is 2.33. The van der Waals surface area contributed by atoms with Crippen LogP contribution < -0.4 is 4.90 Å². The van der Waals surface area contributed by atoms with Crippen molar-refractivity contribution in [2.75, 3.05) is 4.90 Å². The minimum Gasteiger partial charge on any atom is -0.268 e. The number of thioether (sulfide) groups is 1. The molecule has 1 saturated heterocycles. The van der Waals surface area contributed by atoms with Crippen LogP contribution in [0.4, 0.5) is 5.69 Å². The van der Waals surface area contributed by atoms with Crippen molar-refractivity contribution in [3.63, 3.8) is 0 Å². The maximum Gasteiger partial charge on any atom is 0.270 e. The molecular formula is C16H7BrCl3NOS2. The van der Waals surface area contributed by atoms with Crippen molar-refractivity contribution in [1.29, 1.82) is 0 Å². The van der Waals surface area contributed by atoms with Crippen molar-refractivity contribution in [2.24, 2.45) is 0 Å². The summed E-state index contributed by atoms with van der Waals surface area (Å²) < 4.78 is 1.18. The summed E-state index contributed by atoms with van der Waals surface area (Å²) in [6.45, 7) is 0. The fourth-order valence-corrected chi connectivity index (χ4v) is 4.16. The second kappa shape index (κ2) is 7.36. The van der Waals surface area contributed by atoms with E-state index in [9.17, 15) is 4.79 Å². The van der Waals surface area contributed by atoms with E-state index in [1.807, 2.05) is 0 Å². The molecule has 0 radical (unpaired) electrons. The largest absolute Gasteiger partial charge is 0.270 e.